The van der Waals surface area contributed by atoms with Gasteiger partial charge in [-0.3, -0.25) is 14.9 Å². The molecule has 0 aliphatic carbocycles. The van der Waals surface area contributed by atoms with Gasteiger partial charge in [0.1, 0.15) is 5.56 Å². The van der Waals surface area contributed by atoms with E-state index < -0.39 is 4.92 Å². The minimum Gasteiger partial charge on any atom is -0.399 e. The second kappa shape index (κ2) is 6.09. The third kappa shape index (κ3) is 3.30. The van der Waals surface area contributed by atoms with Gasteiger partial charge in [-0.05, 0) is 39.1 Å². The molecule has 1 aliphatic rings. The van der Waals surface area contributed by atoms with Crippen LogP contribution in [0.15, 0.2) is 18.2 Å². The lowest BCUT2D eigenvalue weighted by Crippen LogP contribution is -2.44. The number of benzene rings is 1. The van der Waals surface area contributed by atoms with Gasteiger partial charge in [-0.25, -0.2) is 0 Å². The highest BCUT2D eigenvalue weighted by Gasteiger charge is 2.28. The van der Waals surface area contributed by atoms with E-state index in [1.54, 1.807) is 4.90 Å². The largest absolute Gasteiger partial charge is 0.399 e. The molecule has 7 heteroatoms. The summed E-state index contributed by atoms with van der Waals surface area (Å²) in [6.07, 6.45) is 1.74. The number of nitrogens with zero attached hydrogens (tertiary/aromatic N) is 3. The van der Waals surface area contributed by atoms with Crippen LogP contribution in [0, 0.1) is 10.1 Å². The Balaban J connectivity index is 2.18. The van der Waals surface area contributed by atoms with Gasteiger partial charge in [0.25, 0.3) is 11.6 Å². The van der Waals surface area contributed by atoms with E-state index in [1.165, 1.54) is 18.2 Å². The standard InChI is InChI=1S/C14H20N4O3/c1-16(2)11-5-7-17(8-6-11)14(19)12-9-10(15)3-4-13(12)18(20)21/h3-4,9,11H,5-8,15H2,1-2H3. The van der Waals surface area contributed by atoms with E-state index in [4.69, 9.17) is 5.73 Å². The van der Waals surface area contributed by atoms with Gasteiger partial charge in [0.05, 0.1) is 4.92 Å². The number of hydrogen-bond donors (Lipinski definition) is 1. The fraction of sp³-hybridized carbons (Fsp3) is 0.500. The zero-order valence-corrected chi connectivity index (χ0v) is 12.3. The number of anilines is 1. The second-order valence-electron chi connectivity index (χ2n) is 5.52. The molecule has 0 aromatic heterocycles. The number of carbonyl (C=O) groups excluding carboxylic acids is 1. The Labute approximate surface area is 123 Å². The molecule has 7 nitrogen and oxygen atoms in total. The van der Waals surface area contributed by atoms with Crippen LogP contribution in [-0.4, -0.2) is 53.9 Å². The van der Waals surface area contributed by atoms with Gasteiger partial charge in [0.15, 0.2) is 0 Å². The number of carbonyl (C=O) groups is 1. The van der Waals surface area contributed by atoms with E-state index >= 15 is 0 Å². The van der Waals surface area contributed by atoms with Gasteiger partial charge in [-0.15, -0.1) is 0 Å². The third-order valence-electron chi connectivity index (χ3n) is 3.93. The predicted molar refractivity (Wildman–Crippen MR) is 80.1 cm³/mol. The maximum absolute atomic E-state index is 12.5. The molecule has 0 bridgehead atoms. The van der Waals surface area contributed by atoms with Gasteiger partial charge in [0.2, 0.25) is 0 Å². The van der Waals surface area contributed by atoms with Crippen LogP contribution in [0.2, 0.25) is 0 Å². The molecular weight excluding hydrogens is 272 g/mol. The van der Waals surface area contributed by atoms with Gasteiger partial charge in [0, 0.05) is 30.9 Å². The van der Waals surface area contributed by atoms with Gasteiger partial charge in [-0.2, -0.15) is 0 Å². The Morgan fingerprint density at radius 1 is 1.38 bits per heavy atom. The van der Waals surface area contributed by atoms with E-state index in [0.29, 0.717) is 24.8 Å². The summed E-state index contributed by atoms with van der Waals surface area (Å²) in [5.74, 6) is -0.314. The fourth-order valence-corrected chi connectivity index (χ4v) is 2.64. The van der Waals surface area contributed by atoms with Crippen molar-refractivity contribution in [2.24, 2.45) is 0 Å². The van der Waals surface area contributed by atoms with Crippen LogP contribution in [0.4, 0.5) is 11.4 Å². The van der Waals surface area contributed by atoms with Crippen molar-refractivity contribution in [3.63, 3.8) is 0 Å². The zero-order valence-electron chi connectivity index (χ0n) is 12.3. The van der Waals surface area contributed by atoms with Crippen molar-refractivity contribution < 1.29 is 9.72 Å². The summed E-state index contributed by atoms with van der Waals surface area (Å²) in [7, 11) is 4.04. The van der Waals surface area contributed by atoms with E-state index in [-0.39, 0.29) is 17.2 Å². The summed E-state index contributed by atoms with van der Waals surface area (Å²) >= 11 is 0. The lowest BCUT2D eigenvalue weighted by molar-refractivity contribution is -0.385. The first-order valence-corrected chi connectivity index (χ1v) is 6.89. The highest BCUT2D eigenvalue weighted by Crippen LogP contribution is 2.24. The van der Waals surface area contributed by atoms with Crippen LogP contribution in [0.5, 0.6) is 0 Å². The molecule has 1 aromatic rings. The minimum atomic E-state index is -0.542. The van der Waals surface area contributed by atoms with Crippen molar-refractivity contribution in [2.45, 2.75) is 18.9 Å². The summed E-state index contributed by atoms with van der Waals surface area (Å²) < 4.78 is 0. The van der Waals surface area contributed by atoms with Crippen molar-refractivity contribution in [3.05, 3.63) is 33.9 Å². The summed E-state index contributed by atoms with van der Waals surface area (Å²) in [5, 5.41) is 11.0. The van der Waals surface area contributed by atoms with Gasteiger partial charge >= 0.3 is 0 Å². The first-order valence-electron chi connectivity index (χ1n) is 6.89. The highest BCUT2D eigenvalue weighted by atomic mass is 16.6. The average molecular weight is 292 g/mol. The Kier molecular flexibility index (Phi) is 4.42. The van der Waals surface area contributed by atoms with E-state index in [1.807, 2.05) is 14.1 Å². The molecule has 0 unspecified atom stereocenters. The van der Waals surface area contributed by atoms with Crippen LogP contribution in [0.3, 0.4) is 0 Å². The fourth-order valence-electron chi connectivity index (χ4n) is 2.64. The number of nitro benzene ring substituents is 1. The molecular formula is C14H20N4O3. The monoisotopic (exact) mass is 292 g/mol. The molecule has 1 aliphatic heterocycles. The Morgan fingerprint density at radius 2 is 2.00 bits per heavy atom. The van der Waals surface area contributed by atoms with E-state index in [0.717, 1.165) is 12.8 Å². The molecule has 114 valence electrons. The number of likely N-dealkylation sites (tertiary alicyclic amines) is 1. The maximum Gasteiger partial charge on any atom is 0.282 e. The molecule has 1 saturated heterocycles. The van der Waals surface area contributed by atoms with Gasteiger partial charge < -0.3 is 15.5 Å². The van der Waals surface area contributed by atoms with Crippen LogP contribution < -0.4 is 5.73 Å². The molecule has 2 N–H and O–H groups in total. The number of nitrogens with two attached hydrogens (primary N) is 1. The second-order valence-corrected chi connectivity index (χ2v) is 5.52. The molecule has 0 atom stereocenters. The maximum atomic E-state index is 12.5. The first kappa shape index (κ1) is 15.2. The first-order chi connectivity index (χ1) is 9.90. The summed E-state index contributed by atoms with van der Waals surface area (Å²) in [5.41, 5.74) is 5.89. The van der Waals surface area contributed by atoms with Crippen molar-refractivity contribution in [3.8, 4) is 0 Å². The van der Waals surface area contributed by atoms with Crippen LogP contribution in [-0.2, 0) is 0 Å². The molecule has 1 amide bonds. The molecule has 0 saturated carbocycles. The number of rotatable bonds is 3. The lowest BCUT2D eigenvalue weighted by Gasteiger charge is -2.35. The van der Waals surface area contributed by atoms with Crippen LogP contribution in [0.1, 0.15) is 23.2 Å². The van der Waals surface area contributed by atoms with Crippen molar-refractivity contribution in [1.82, 2.24) is 9.80 Å². The van der Waals surface area contributed by atoms with Crippen molar-refractivity contribution in [2.75, 3.05) is 32.9 Å². The number of amides is 1. The molecule has 1 heterocycles. The number of nitro groups is 1. The predicted octanol–water partition coefficient (Wildman–Crippen LogP) is 1.34. The average Bonchev–Trinajstić information content (AvgIpc) is 2.46. The molecule has 1 aromatic carbocycles. The van der Waals surface area contributed by atoms with E-state index in [2.05, 4.69) is 4.90 Å². The molecule has 21 heavy (non-hydrogen) atoms. The zero-order chi connectivity index (χ0) is 15.6. The Bertz CT molecular complexity index is 551. The molecule has 0 spiro atoms. The third-order valence-corrected chi connectivity index (χ3v) is 3.93. The van der Waals surface area contributed by atoms with Crippen LogP contribution in [0.25, 0.3) is 0 Å². The molecule has 1 fully saturated rings. The van der Waals surface area contributed by atoms with Gasteiger partial charge in [-0.1, -0.05) is 0 Å². The summed E-state index contributed by atoms with van der Waals surface area (Å²) in [4.78, 5) is 26.8. The Hall–Kier alpha value is -2.15. The number of hydrogen-bond acceptors (Lipinski definition) is 5. The van der Waals surface area contributed by atoms with Crippen molar-refractivity contribution in [1.29, 1.82) is 0 Å². The SMILES string of the molecule is CN(C)C1CCN(C(=O)c2cc(N)ccc2[N+](=O)[O-])CC1. The number of piperidine rings is 1. The molecule has 0 radical (unpaired) electrons. The van der Waals surface area contributed by atoms with Crippen LogP contribution >= 0.6 is 0 Å². The highest BCUT2D eigenvalue weighted by molar-refractivity contribution is 5.99. The van der Waals surface area contributed by atoms with E-state index in [9.17, 15) is 14.9 Å². The Morgan fingerprint density at radius 3 is 2.52 bits per heavy atom. The lowest BCUT2D eigenvalue weighted by atomic mass is 10.0. The summed E-state index contributed by atoms with van der Waals surface area (Å²) in [6, 6.07) is 4.56. The number of nitrogen functional groups attached to an aromatic ring is 1. The topological polar surface area (TPSA) is 92.7 Å². The smallest absolute Gasteiger partial charge is 0.282 e. The molecule has 2 rings (SSSR count). The normalized spacial score (nSPS) is 16.2. The quantitative estimate of drug-likeness (QED) is 0.515. The minimum absolute atomic E-state index is 0.0725. The summed E-state index contributed by atoms with van der Waals surface area (Å²) in [6.45, 7) is 1.21. The van der Waals surface area contributed by atoms with Crippen molar-refractivity contribution >= 4 is 17.3 Å².